The van der Waals surface area contributed by atoms with Crippen LogP contribution in [0.5, 0.6) is 0 Å². The van der Waals surface area contributed by atoms with Crippen molar-refractivity contribution in [3.63, 3.8) is 0 Å². The molecule has 21 heavy (non-hydrogen) atoms. The molecule has 108 valence electrons. The average molecular weight is 319 g/mol. The highest BCUT2D eigenvalue weighted by Gasteiger charge is 2.09. The maximum atomic E-state index is 5.90. The Hall–Kier alpha value is -1.62. The molecule has 0 aliphatic heterocycles. The number of halogens is 1. The second-order valence-corrected chi connectivity index (χ2v) is 6.16. The van der Waals surface area contributed by atoms with Crippen LogP contribution in [0, 0.1) is 0 Å². The molecule has 0 bridgehead atoms. The summed E-state index contributed by atoms with van der Waals surface area (Å²) in [6, 6.07) is 12.1. The fourth-order valence-electron chi connectivity index (χ4n) is 2.03. The van der Waals surface area contributed by atoms with Crippen molar-refractivity contribution in [2.45, 2.75) is 19.5 Å². The average Bonchev–Trinajstić information content (AvgIpc) is 3.16. The predicted molar refractivity (Wildman–Crippen MR) is 86.5 cm³/mol. The zero-order valence-corrected chi connectivity index (χ0v) is 13.1. The summed E-state index contributed by atoms with van der Waals surface area (Å²) in [6.45, 7) is 2.78. The SMILES string of the molecule is C[C@@H](NCc1coc(-c2cccs2)n1)c1ccc(Cl)cc1. The first kappa shape index (κ1) is 14.3. The Labute approximate surface area is 132 Å². The summed E-state index contributed by atoms with van der Waals surface area (Å²) in [4.78, 5) is 5.54. The van der Waals surface area contributed by atoms with Crippen molar-refractivity contribution in [2.24, 2.45) is 0 Å². The molecule has 0 unspecified atom stereocenters. The van der Waals surface area contributed by atoms with Crippen molar-refractivity contribution in [3.05, 3.63) is 64.3 Å². The van der Waals surface area contributed by atoms with Crippen LogP contribution < -0.4 is 5.32 Å². The third kappa shape index (κ3) is 3.53. The van der Waals surface area contributed by atoms with Gasteiger partial charge in [0.05, 0.1) is 10.6 Å². The third-order valence-corrected chi connectivity index (χ3v) is 4.35. The first-order chi connectivity index (χ1) is 10.2. The van der Waals surface area contributed by atoms with Crippen LogP contribution in [0.3, 0.4) is 0 Å². The number of rotatable bonds is 5. The highest BCUT2D eigenvalue weighted by atomic mass is 35.5. The van der Waals surface area contributed by atoms with Gasteiger partial charge in [-0.05, 0) is 36.1 Å². The molecule has 1 aromatic carbocycles. The topological polar surface area (TPSA) is 38.1 Å². The number of hydrogen-bond acceptors (Lipinski definition) is 4. The fourth-order valence-corrected chi connectivity index (χ4v) is 2.81. The number of oxazole rings is 1. The number of hydrogen-bond donors (Lipinski definition) is 1. The predicted octanol–water partition coefficient (Wildman–Crippen LogP) is 4.91. The molecule has 2 heterocycles. The standard InChI is InChI=1S/C16H15ClN2OS/c1-11(12-4-6-13(17)7-5-12)18-9-14-10-20-16(19-14)15-3-2-8-21-15/h2-8,10-11,18H,9H2,1H3/t11-/m1/s1. The van der Waals surface area contributed by atoms with Gasteiger partial charge in [-0.15, -0.1) is 11.3 Å². The lowest BCUT2D eigenvalue weighted by molar-refractivity contribution is 0.554. The van der Waals surface area contributed by atoms with Crippen molar-refractivity contribution in [1.82, 2.24) is 10.3 Å². The summed E-state index contributed by atoms with van der Waals surface area (Å²) in [6.07, 6.45) is 1.70. The van der Waals surface area contributed by atoms with Crippen LogP contribution in [-0.4, -0.2) is 4.98 Å². The van der Waals surface area contributed by atoms with Crippen molar-refractivity contribution in [3.8, 4) is 10.8 Å². The lowest BCUT2D eigenvalue weighted by atomic mass is 10.1. The Morgan fingerprint density at radius 2 is 2.10 bits per heavy atom. The fraction of sp³-hybridized carbons (Fsp3) is 0.188. The molecule has 1 N–H and O–H groups in total. The van der Waals surface area contributed by atoms with E-state index < -0.39 is 0 Å². The summed E-state index contributed by atoms with van der Waals surface area (Å²) in [5.74, 6) is 0.681. The molecular weight excluding hydrogens is 304 g/mol. The molecule has 0 spiro atoms. The van der Waals surface area contributed by atoms with Gasteiger partial charge in [0.2, 0.25) is 5.89 Å². The summed E-state index contributed by atoms with van der Waals surface area (Å²) in [7, 11) is 0. The molecule has 5 heteroatoms. The number of benzene rings is 1. The minimum absolute atomic E-state index is 0.226. The molecular formula is C16H15ClN2OS. The lowest BCUT2D eigenvalue weighted by Crippen LogP contribution is -2.18. The van der Waals surface area contributed by atoms with Gasteiger partial charge in [0.15, 0.2) is 0 Å². The van der Waals surface area contributed by atoms with Crippen molar-refractivity contribution < 1.29 is 4.42 Å². The van der Waals surface area contributed by atoms with Gasteiger partial charge in [-0.25, -0.2) is 4.98 Å². The maximum absolute atomic E-state index is 5.90. The van der Waals surface area contributed by atoms with Crippen molar-refractivity contribution in [2.75, 3.05) is 0 Å². The summed E-state index contributed by atoms with van der Waals surface area (Å²) < 4.78 is 5.50. The van der Waals surface area contributed by atoms with E-state index in [1.165, 1.54) is 5.56 Å². The van der Waals surface area contributed by atoms with Crippen molar-refractivity contribution >= 4 is 22.9 Å². The normalized spacial score (nSPS) is 12.5. The van der Waals surface area contributed by atoms with Gasteiger partial charge in [-0.3, -0.25) is 0 Å². The second-order valence-electron chi connectivity index (χ2n) is 4.78. The molecule has 3 nitrogen and oxygen atoms in total. The molecule has 2 aromatic heterocycles. The van der Waals surface area contributed by atoms with E-state index >= 15 is 0 Å². The zero-order valence-electron chi connectivity index (χ0n) is 11.5. The molecule has 3 aromatic rings. The van der Waals surface area contributed by atoms with Gasteiger partial charge in [-0.1, -0.05) is 29.8 Å². The smallest absolute Gasteiger partial charge is 0.236 e. The molecule has 0 aliphatic carbocycles. The Balaban J connectivity index is 1.61. The van der Waals surface area contributed by atoms with E-state index in [1.54, 1.807) is 17.6 Å². The van der Waals surface area contributed by atoms with Gasteiger partial charge >= 0.3 is 0 Å². The molecule has 0 aliphatic rings. The van der Waals surface area contributed by atoms with Gasteiger partial charge < -0.3 is 9.73 Å². The van der Waals surface area contributed by atoms with E-state index in [0.29, 0.717) is 12.4 Å². The minimum Gasteiger partial charge on any atom is -0.444 e. The molecule has 0 saturated heterocycles. The van der Waals surface area contributed by atoms with E-state index in [9.17, 15) is 0 Å². The summed E-state index contributed by atoms with van der Waals surface area (Å²) in [5.41, 5.74) is 2.10. The Kier molecular flexibility index (Phi) is 4.39. The number of aromatic nitrogens is 1. The number of nitrogens with zero attached hydrogens (tertiary/aromatic N) is 1. The van der Waals surface area contributed by atoms with E-state index in [-0.39, 0.29) is 6.04 Å². The zero-order chi connectivity index (χ0) is 14.7. The number of thiophene rings is 1. The van der Waals surface area contributed by atoms with Gasteiger partial charge in [-0.2, -0.15) is 0 Å². The van der Waals surface area contributed by atoms with Crippen LogP contribution >= 0.6 is 22.9 Å². The first-order valence-corrected chi connectivity index (χ1v) is 7.95. The van der Waals surface area contributed by atoms with Crippen LogP contribution in [0.1, 0.15) is 24.2 Å². The van der Waals surface area contributed by atoms with Crippen molar-refractivity contribution in [1.29, 1.82) is 0 Å². The van der Waals surface area contributed by atoms with Gasteiger partial charge in [0.1, 0.15) is 6.26 Å². The first-order valence-electron chi connectivity index (χ1n) is 6.69. The van der Waals surface area contributed by atoms with Gasteiger partial charge in [0.25, 0.3) is 0 Å². The molecule has 3 rings (SSSR count). The quantitative estimate of drug-likeness (QED) is 0.726. The Morgan fingerprint density at radius 3 is 2.81 bits per heavy atom. The van der Waals surface area contributed by atoms with E-state index in [0.717, 1.165) is 15.6 Å². The highest BCUT2D eigenvalue weighted by molar-refractivity contribution is 7.13. The van der Waals surface area contributed by atoms with Crippen LogP contribution in [0.15, 0.2) is 52.5 Å². The van der Waals surface area contributed by atoms with Gasteiger partial charge in [0, 0.05) is 17.6 Å². The largest absolute Gasteiger partial charge is 0.444 e. The Bertz CT molecular complexity index is 691. The van der Waals surface area contributed by atoms with E-state index in [2.05, 4.69) is 17.2 Å². The molecule has 0 fully saturated rings. The Morgan fingerprint density at radius 1 is 1.29 bits per heavy atom. The highest BCUT2D eigenvalue weighted by Crippen LogP contribution is 2.24. The summed E-state index contributed by atoms with van der Waals surface area (Å²) in [5, 5.41) is 6.20. The monoisotopic (exact) mass is 318 g/mol. The summed E-state index contributed by atoms with van der Waals surface area (Å²) >= 11 is 7.52. The van der Waals surface area contributed by atoms with E-state index in [4.69, 9.17) is 16.0 Å². The van der Waals surface area contributed by atoms with E-state index in [1.807, 2.05) is 41.8 Å². The lowest BCUT2D eigenvalue weighted by Gasteiger charge is -2.13. The maximum Gasteiger partial charge on any atom is 0.236 e. The van der Waals surface area contributed by atoms with Crippen LogP contribution in [0.4, 0.5) is 0 Å². The second kappa shape index (κ2) is 6.43. The molecule has 0 saturated carbocycles. The van der Waals surface area contributed by atoms with Crippen LogP contribution in [0.2, 0.25) is 5.02 Å². The molecule has 1 atom stereocenters. The van der Waals surface area contributed by atoms with Crippen LogP contribution in [-0.2, 0) is 6.54 Å². The molecule has 0 radical (unpaired) electrons. The number of nitrogens with one attached hydrogen (secondary N) is 1. The minimum atomic E-state index is 0.226. The molecule has 0 amide bonds. The third-order valence-electron chi connectivity index (χ3n) is 3.24. The van der Waals surface area contributed by atoms with Crippen LogP contribution in [0.25, 0.3) is 10.8 Å².